The minimum atomic E-state index is 0.270. The average Bonchev–Trinajstić information content (AvgIpc) is 3.30. The Morgan fingerprint density at radius 2 is 1.71 bits per heavy atom. The Morgan fingerprint density at radius 3 is 2.50 bits per heavy atom. The van der Waals surface area contributed by atoms with Crippen LogP contribution < -0.4 is 5.73 Å². The van der Waals surface area contributed by atoms with E-state index in [4.69, 9.17) is 15.7 Å². The molecule has 0 unspecified atom stereocenters. The van der Waals surface area contributed by atoms with Gasteiger partial charge < -0.3 is 10.8 Å². The number of anilines is 1. The SMILES string of the molecule is Nc1nccn2c(C3CCC(CO)CC3)nc(-c3ccc4ccc(-c5ccccc5)nc4c3)c12. The standard InChI is InChI=1S/C28H27N5O/c29-27-26-25(32-28(33(26)15-14-30-27)21-8-6-18(17-34)7-9-21)22-11-10-20-12-13-23(31-24(20)16-22)19-4-2-1-3-5-19/h1-5,10-16,18,21,34H,6-9,17H2,(H2,29,30). The van der Waals surface area contributed by atoms with Crippen LogP contribution in [-0.2, 0) is 0 Å². The second-order valence-corrected chi connectivity index (χ2v) is 9.22. The third-order valence-electron chi connectivity index (χ3n) is 7.12. The van der Waals surface area contributed by atoms with Crippen LogP contribution in [0, 0.1) is 5.92 Å². The molecule has 0 spiro atoms. The molecule has 1 fully saturated rings. The van der Waals surface area contributed by atoms with Gasteiger partial charge in [-0.05, 0) is 43.7 Å². The van der Waals surface area contributed by atoms with Crippen molar-refractivity contribution in [1.82, 2.24) is 19.4 Å². The molecule has 0 saturated heterocycles. The van der Waals surface area contributed by atoms with Crippen molar-refractivity contribution in [2.45, 2.75) is 31.6 Å². The van der Waals surface area contributed by atoms with E-state index in [9.17, 15) is 5.11 Å². The van der Waals surface area contributed by atoms with Crippen LogP contribution in [-0.4, -0.2) is 31.1 Å². The Bertz CT molecular complexity index is 1470. The van der Waals surface area contributed by atoms with Gasteiger partial charge in [0.15, 0.2) is 0 Å². The molecular formula is C28H27N5O. The fraction of sp³-hybridized carbons (Fsp3) is 0.250. The largest absolute Gasteiger partial charge is 0.396 e. The Kier molecular flexibility index (Phi) is 5.23. The second kappa shape index (κ2) is 8.54. The van der Waals surface area contributed by atoms with Gasteiger partial charge in [-0.15, -0.1) is 0 Å². The van der Waals surface area contributed by atoms with E-state index in [2.05, 4.69) is 51.8 Å². The molecule has 6 nitrogen and oxygen atoms in total. The number of aromatic nitrogens is 4. The van der Waals surface area contributed by atoms with Gasteiger partial charge in [-0.1, -0.05) is 48.5 Å². The molecule has 170 valence electrons. The summed E-state index contributed by atoms with van der Waals surface area (Å²) in [5.74, 6) is 2.25. The summed E-state index contributed by atoms with van der Waals surface area (Å²) in [5.41, 5.74) is 12.0. The number of aliphatic hydroxyl groups is 1. The van der Waals surface area contributed by atoms with Crippen molar-refractivity contribution in [2.75, 3.05) is 12.3 Å². The first-order chi connectivity index (χ1) is 16.7. The number of fused-ring (bicyclic) bond motifs is 2. The topological polar surface area (TPSA) is 89.3 Å². The van der Waals surface area contributed by atoms with E-state index in [1.807, 2.05) is 24.4 Å². The zero-order chi connectivity index (χ0) is 23.1. The van der Waals surface area contributed by atoms with Crippen molar-refractivity contribution >= 4 is 22.2 Å². The number of benzene rings is 2. The van der Waals surface area contributed by atoms with Crippen LogP contribution in [0.5, 0.6) is 0 Å². The lowest BCUT2D eigenvalue weighted by Gasteiger charge is -2.26. The van der Waals surface area contributed by atoms with Gasteiger partial charge in [0.05, 0.1) is 11.2 Å². The summed E-state index contributed by atoms with van der Waals surface area (Å²) in [6.45, 7) is 0.270. The highest BCUT2D eigenvalue weighted by atomic mass is 16.3. The van der Waals surface area contributed by atoms with Crippen LogP contribution in [0.25, 0.3) is 38.9 Å². The van der Waals surface area contributed by atoms with Crippen LogP contribution in [0.15, 0.2) is 73.1 Å². The zero-order valence-electron chi connectivity index (χ0n) is 18.9. The fourth-order valence-electron chi connectivity index (χ4n) is 5.21. The highest BCUT2D eigenvalue weighted by molar-refractivity contribution is 5.91. The highest BCUT2D eigenvalue weighted by Crippen LogP contribution is 2.38. The molecule has 0 amide bonds. The summed E-state index contributed by atoms with van der Waals surface area (Å²) < 4.78 is 2.11. The third kappa shape index (κ3) is 3.60. The number of pyridine rings is 1. The number of nitrogens with two attached hydrogens (primary N) is 1. The van der Waals surface area contributed by atoms with Crippen molar-refractivity contribution in [3.8, 4) is 22.5 Å². The van der Waals surface area contributed by atoms with Crippen molar-refractivity contribution in [3.63, 3.8) is 0 Å². The molecule has 1 aliphatic carbocycles. The molecule has 3 N–H and O–H groups in total. The monoisotopic (exact) mass is 449 g/mol. The van der Waals surface area contributed by atoms with Crippen LogP contribution in [0.3, 0.4) is 0 Å². The molecule has 6 heteroatoms. The molecular weight excluding hydrogens is 422 g/mol. The minimum Gasteiger partial charge on any atom is -0.396 e. The first kappa shape index (κ1) is 20.8. The number of hydrogen-bond acceptors (Lipinski definition) is 5. The van der Waals surface area contributed by atoms with E-state index >= 15 is 0 Å². The molecule has 1 saturated carbocycles. The molecule has 5 aromatic rings. The summed E-state index contributed by atoms with van der Waals surface area (Å²) in [6, 6.07) is 20.7. The molecule has 0 aliphatic heterocycles. The van der Waals surface area contributed by atoms with Crippen LogP contribution in [0.4, 0.5) is 5.82 Å². The van der Waals surface area contributed by atoms with Gasteiger partial charge in [-0.2, -0.15) is 0 Å². The maximum atomic E-state index is 9.54. The van der Waals surface area contributed by atoms with Gasteiger partial charge in [0.25, 0.3) is 0 Å². The predicted molar refractivity (Wildman–Crippen MR) is 135 cm³/mol. The summed E-state index contributed by atoms with van der Waals surface area (Å²) in [5, 5.41) is 10.6. The number of nitrogens with zero attached hydrogens (tertiary/aromatic N) is 4. The number of hydrogen-bond donors (Lipinski definition) is 2. The highest BCUT2D eigenvalue weighted by Gasteiger charge is 2.27. The fourth-order valence-corrected chi connectivity index (χ4v) is 5.21. The number of aliphatic hydroxyl groups excluding tert-OH is 1. The van der Waals surface area contributed by atoms with Crippen LogP contribution in [0.2, 0.25) is 0 Å². The molecule has 1 aliphatic rings. The van der Waals surface area contributed by atoms with Gasteiger partial charge in [0, 0.05) is 41.4 Å². The van der Waals surface area contributed by atoms with Gasteiger partial charge >= 0.3 is 0 Å². The van der Waals surface area contributed by atoms with Gasteiger partial charge in [0.1, 0.15) is 22.9 Å². The van der Waals surface area contributed by atoms with Gasteiger partial charge in [0.2, 0.25) is 0 Å². The van der Waals surface area contributed by atoms with Crippen molar-refractivity contribution in [1.29, 1.82) is 0 Å². The number of nitrogen functional groups attached to an aromatic ring is 1. The van der Waals surface area contributed by atoms with Gasteiger partial charge in [-0.25, -0.2) is 15.0 Å². The van der Waals surface area contributed by atoms with E-state index in [1.54, 1.807) is 6.20 Å². The third-order valence-corrected chi connectivity index (χ3v) is 7.12. The Morgan fingerprint density at radius 1 is 0.912 bits per heavy atom. The van der Waals surface area contributed by atoms with Crippen LogP contribution in [0.1, 0.15) is 37.4 Å². The minimum absolute atomic E-state index is 0.270. The predicted octanol–water partition coefficient (Wildman–Crippen LogP) is 5.46. The molecule has 0 bridgehead atoms. The molecule has 3 heterocycles. The lowest BCUT2D eigenvalue weighted by atomic mass is 9.82. The van der Waals surface area contributed by atoms with Crippen LogP contribution >= 0.6 is 0 Å². The summed E-state index contributed by atoms with van der Waals surface area (Å²) in [7, 11) is 0. The van der Waals surface area contributed by atoms with Crippen molar-refractivity contribution in [3.05, 3.63) is 78.9 Å². The smallest absolute Gasteiger partial charge is 0.150 e. The molecule has 34 heavy (non-hydrogen) atoms. The quantitative estimate of drug-likeness (QED) is 0.380. The Hall–Kier alpha value is -3.77. The van der Waals surface area contributed by atoms with E-state index in [0.29, 0.717) is 17.7 Å². The second-order valence-electron chi connectivity index (χ2n) is 9.22. The molecule has 0 radical (unpaired) electrons. The summed E-state index contributed by atoms with van der Waals surface area (Å²) in [6.07, 6.45) is 7.78. The van der Waals surface area contributed by atoms with Crippen molar-refractivity contribution < 1.29 is 5.11 Å². The number of imidazole rings is 1. The average molecular weight is 450 g/mol. The van der Waals surface area contributed by atoms with E-state index < -0.39 is 0 Å². The Balaban J connectivity index is 1.46. The van der Waals surface area contributed by atoms with E-state index in [1.165, 1.54) is 0 Å². The Labute approximate surface area is 198 Å². The maximum absolute atomic E-state index is 9.54. The lowest BCUT2D eigenvalue weighted by Crippen LogP contribution is -2.17. The summed E-state index contributed by atoms with van der Waals surface area (Å²) >= 11 is 0. The molecule has 0 atom stereocenters. The molecule has 6 rings (SSSR count). The first-order valence-corrected chi connectivity index (χ1v) is 11.9. The number of rotatable bonds is 4. The van der Waals surface area contributed by atoms with Crippen molar-refractivity contribution in [2.24, 2.45) is 5.92 Å². The van der Waals surface area contributed by atoms with E-state index in [-0.39, 0.29) is 6.61 Å². The first-order valence-electron chi connectivity index (χ1n) is 11.9. The van der Waals surface area contributed by atoms with Gasteiger partial charge in [-0.3, -0.25) is 4.40 Å². The maximum Gasteiger partial charge on any atom is 0.150 e. The van der Waals surface area contributed by atoms with E-state index in [0.717, 1.165) is 70.4 Å². The lowest BCUT2D eigenvalue weighted by molar-refractivity contribution is 0.181. The molecule has 3 aromatic heterocycles. The summed E-state index contributed by atoms with van der Waals surface area (Å²) in [4.78, 5) is 14.4. The normalized spacial score (nSPS) is 18.5. The zero-order valence-corrected chi connectivity index (χ0v) is 18.9. The molecule has 2 aromatic carbocycles.